The van der Waals surface area contributed by atoms with Gasteiger partial charge in [-0.3, -0.25) is 0 Å². The third kappa shape index (κ3) is 5.08. The normalized spacial score (nSPS) is 13.6. The van der Waals surface area contributed by atoms with E-state index in [0.29, 0.717) is 59.9 Å². The SMILES string of the molecule is [2H]c1ccc2sc3c(c([2H])c([2H])c4c5c([2H])c([2H])cc([2H])c5n(-c5ccc(-c6cccc7c6sc6ccccc67)cc5-c5nc(-c6ccccc6)nc(-c6ccccc6)n5)c34)c2c1[2H]. The number of rotatable bonds is 5. The molecular formula is C51H30N4S2. The van der Waals surface area contributed by atoms with Gasteiger partial charge in [0.2, 0.25) is 0 Å². The molecule has 0 N–H and O–H groups in total. The molecule has 0 atom stereocenters. The predicted molar refractivity (Wildman–Crippen MR) is 242 cm³/mol. The lowest BCUT2D eigenvalue weighted by atomic mass is 9.99. The first-order valence-corrected chi connectivity index (χ1v) is 20.1. The second-order valence-corrected chi connectivity index (χ2v) is 15.9. The van der Waals surface area contributed by atoms with E-state index in [9.17, 15) is 5.48 Å². The summed E-state index contributed by atoms with van der Waals surface area (Å²) in [5.41, 5.74) is 5.37. The van der Waals surface area contributed by atoms with Gasteiger partial charge in [0.05, 0.1) is 31.0 Å². The molecule has 4 nitrogen and oxygen atoms in total. The molecular weight excluding hydrogens is 733 g/mol. The third-order valence-corrected chi connectivity index (χ3v) is 12.9. The van der Waals surface area contributed by atoms with Crippen LogP contribution in [0.3, 0.4) is 0 Å². The molecule has 0 saturated carbocycles. The zero-order valence-electron chi connectivity index (χ0n) is 36.9. The van der Waals surface area contributed by atoms with Crippen molar-refractivity contribution >= 4 is 84.8 Å². The molecule has 0 fully saturated rings. The van der Waals surface area contributed by atoms with E-state index in [2.05, 4.69) is 42.5 Å². The number of para-hydroxylation sites is 1. The van der Waals surface area contributed by atoms with Crippen LogP contribution in [0.5, 0.6) is 0 Å². The maximum absolute atomic E-state index is 9.60. The Labute approximate surface area is 345 Å². The highest BCUT2D eigenvalue weighted by molar-refractivity contribution is 7.27. The number of benzene rings is 8. The Kier molecular flexibility index (Phi) is 5.82. The van der Waals surface area contributed by atoms with E-state index in [-0.39, 0.29) is 53.1 Å². The predicted octanol–water partition coefficient (Wildman–Crippen LogP) is 14.4. The number of hydrogen-bond donors (Lipinski definition) is 0. The number of thiophene rings is 2. The van der Waals surface area contributed by atoms with E-state index in [1.54, 1.807) is 23.5 Å². The van der Waals surface area contributed by atoms with Crippen molar-refractivity contribution in [2.24, 2.45) is 0 Å². The van der Waals surface area contributed by atoms with Gasteiger partial charge in [-0.1, -0.05) is 152 Å². The Bertz CT molecular complexity index is 3880. The summed E-state index contributed by atoms with van der Waals surface area (Å²) in [7, 11) is 0. The van der Waals surface area contributed by atoms with Crippen molar-refractivity contribution in [1.82, 2.24) is 19.5 Å². The van der Waals surface area contributed by atoms with Gasteiger partial charge in [0.15, 0.2) is 17.5 Å². The molecule has 0 amide bonds. The second-order valence-electron chi connectivity index (χ2n) is 13.8. The van der Waals surface area contributed by atoms with Gasteiger partial charge in [-0.25, -0.2) is 15.0 Å². The van der Waals surface area contributed by atoms with Crippen LogP contribution in [-0.4, -0.2) is 19.5 Å². The van der Waals surface area contributed by atoms with Crippen LogP contribution in [0, 0.1) is 0 Å². The van der Waals surface area contributed by atoms with Gasteiger partial charge in [0, 0.05) is 63.1 Å². The summed E-state index contributed by atoms with van der Waals surface area (Å²) in [4.78, 5) is 15.4. The molecule has 0 radical (unpaired) electrons. The van der Waals surface area contributed by atoms with Gasteiger partial charge in [-0.2, -0.15) is 0 Å². The summed E-state index contributed by atoms with van der Waals surface area (Å²) in [6.07, 6.45) is 0. The molecule has 4 aromatic heterocycles. The standard InChI is InChI=1S/C51H30N4S2/c1-3-14-31(15-4-1)49-52-50(32-16-5-2-6-17-32)54-51(53-49)41-30-33(34-21-13-22-39-36-19-8-11-24-44(36)56-47(34)39)26-29-43(41)55-42-23-10-7-18-35(42)38-27-28-40-37-20-9-12-25-45(37)57-48(40)46(38)55/h1-30H/i7D,9D,18D,20D,23D,27D,28D. The molecule has 8 aromatic carbocycles. The zero-order valence-corrected chi connectivity index (χ0v) is 31.5. The highest BCUT2D eigenvalue weighted by Gasteiger charge is 2.23. The summed E-state index contributed by atoms with van der Waals surface area (Å²) < 4.78 is 69.5. The molecule has 0 bridgehead atoms. The van der Waals surface area contributed by atoms with Gasteiger partial charge >= 0.3 is 0 Å². The van der Waals surface area contributed by atoms with Gasteiger partial charge in [-0.15, -0.1) is 22.7 Å². The van der Waals surface area contributed by atoms with Crippen LogP contribution in [-0.2, 0) is 0 Å². The quantitative estimate of drug-likeness (QED) is 0.175. The first kappa shape index (κ1) is 26.0. The first-order valence-electron chi connectivity index (χ1n) is 21.9. The molecule has 6 heteroatoms. The summed E-state index contributed by atoms with van der Waals surface area (Å²) in [6.45, 7) is 0. The summed E-state index contributed by atoms with van der Waals surface area (Å²) in [6, 6.07) is 44.2. The number of aromatic nitrogens is 4. The summed E-state index contributed by atoms with van der Waals surface area (Å²) in [5.74, 6) is 1.26. The van der Waals surface area contributed by atoms with Crippen molar-refractivity contribution in [3.8, 4) is 51.0 Å². The lowest BCUT2D eigenvalue weighted by Crippen LogP contribution is -2.04. The average Bonchev–Trinajstić information content (AvgIpc) is 4.03. The van der Waals surface area contributed by atoms with Crippen LogP contribution in [0.25, 0.3) is 113 Å². The molecule has 0 unspecified atom stereocenters. The van der Waals surface area contributed by atoms with E-state index in [1.807, 2.05) is 83.4 Å². The van der Waals surface area contributed by atoms with Crippen molar-refractivity contribution in [1.29, 1.82) is 0 Å². The molecule has 57 heavy (non-hydrogen) atoms. The first-order chi connectivity index (χ1) is 31.2. The van der Waals surface area contributed by atoms with Crippen molar-refractivity contribution in [2.75, 3.05) is 0 Å². The van der Waals surface area contributed by atoms with Gasteiger partial charge in [0.25, 0.3) is 0 Å². The van der Waals surface area contributed by atoms with E-state index in [0.717, 1.165) is 32.3 Å². The van der Waals surface area contributed by atoms with E-state index < -0.39 is 0 Å². The highest BCUT2D eigenvalue weighted by atomic mass is 32.1. The van der Waals surface area contributed by atoms with Crippen molar-refractivity contribution in [3.05, 3.63) is 182 Å². The number of hydrogen-bond acceptors (Lipinski definition) is 5. The fourth-order valence-corrected chi connectivity index (χ4v) is 10.3. The fraction of sp³-hybridized carbons (Fsp3) is 0. The average molecular weight is 770 g/mol. The molecule has 0 spiro atoms. The molecule has 0 aliphatic heterocycles. The van der Waals surface area contributed by atoms with Crippen molar-refractivity contribution in [3.63, 3.8) is 0 Å². The Morgan fingerprint density at radius 1 is 0.421 bits per heavy atom. The van der Waals surface area contributed by atoms with Gasteiger partial charge in [-0.05, 0) is 41.4 Å². The number of nitrogens with zero attached hydrogens (tertiary/aromatic N) is 4. The minimum Gasteiger partial charge on any atom is -0.307 e. The smallest absolute Gasteiger partial charge is 0.166 e. The van der Waals surface area contributed by atoms with Gasteiger partial charge < -0.3 is 4.57 Å². The zero-order chi connectivity index (χ0) is 43.5. The monoisotopic (exact) mass is 769 g/mol. The largest absolute Gasteiger partial charge is 0.307 e. The minimum absolute atomic E-state index is 0.00400. The van der Waals surface area contributed by atoms with Crippen LogP contribution in [0.4, 0.5) is 0 Å². The van der Waals surface area contributed by atoms with Crippen molar-refractivity contribution < 1.29 is 9.60 Å². The summed E-state index contributed by atoms with van der Waals surface area (Å²) in [5, 5.41) is 3.56. The van der Waals surface area contributed by atoms with E-state index in [1.165, 1.54) is 27.5 Å². The van der Waals surface area contributed by atoms with E-state index in [4.69, 9.17) is 19.1 Å². The maximum atomic E-state index is 9.60. The molecule has 0 aliphatic carbocycles. The van der Waals surface area contributed by atoms with Crippen LogP contribution >= 0.6 is 22.7 Å². The van der Waals surface area contributed by atoms with Crippen LogP contribution in [0.2, 0.25) is 0 Å². The Balaban J connectivity index is 1.26. The van der Waals surface area contributed by atoms with Crippen LogP contribution in [0.15, 0.2) is 182 Å². The van der Waals surface area contributed by atoms with E-state index >= 15 is 0 Å². The minimum atomic E-state index is -0.188. The highest BCUT2D eigenvalue weighted by Crippen LogP contribution is 2.46. The number of fused-ring (bicyclic) bond motifs is 10. The molecule has 0 aliphatic rings. The van der Waals surface area contributed by atoms with Crippen LogP contribution < -0.4 is 0 Å². The molecule has 12 rings (SSSR count). The van der Waals surface area contributed by atoms with Crippen molar-refractivity contribution in [2.45, 2.75) is 0 Å². The maximum Gasteiger partial charge on any atom is 0.166 e. The Morgan fingerprint density at radius 2 is 1.07 bits per heavy atom. The topological polar surface area (TPSA) is 43.6 Å². The fourth-order valence-electron chi connectivity index (χ4n) is 7.93. The lowest BCUT2D eigenvalue weighted by molar-refractivity contribution is 1.06. The molecule has 4 heterocycles. The van der Waals surface area contributed by atoms with Gasteiger partial charge in [0.1, 0.15) is 0 Å². The molecule has 12 aromatic rings. The molecule has 0 saturated heterocycles. The Hall–Kier alpha value is -6.99. The Morgan fingerprint density at radius 3 is 1.89 bits per heavy atom. The molecule has 266 valence electrons. The van der Waals surface area contributed by atoms with Crippen LogP contribution in [0.1, 0.15) is 9.60 Å². The lowest BCUT2D eigenvalue weighted by Gasteiger charge is -2.17. The third-order valence-electron chi connectivity index (χ3n) is 10.5. The summed E-state index contributed by atoms with van der Waals surface area (Å²) >= 11 is 3.07. The second kappa shape index (κ2) is 12.8.